The van der Waals surface area contributed by atoms with Crippen molar-refractivity contribution < 1.29 is 14.3 Å². The molecule has 0 N–H and O–H groups in total. The molecule has 1 aliphatic carbocycles. The van der Waals surface area contributed by atoms with Crippen molar-refractivity contribution in [3.05, 3.63) is 24.3 Å². The number of carbonyl (C=O) groups excluding carboxylic acids is 1. The third-order valence-corrected chi connectivity index (χ3v) is 4.60. The van der Waals surface area contributed by atoms with Gasteiger partial charge in [-0.15, -0.1) is 0 Å². The van der Waals surface area contributed by atoms with Gasteiger partial charge in [0.05, 0.1) is 5.69 Å². The van der Waals surface area contributed by atoms with Crippen LogP contribution in [0.4, 0.5) is 10.5 Å². The van der Waals surface area contributed by atoms with Crippen LogP contribution in [0.1, 0.15) is 53.9 Å². The maximum absolute atomic E-state index is 12.1. The fourth-order valence-corrected chi connectivity index (χ4v) is 3.34. The molecule has 3 atom stereocenters. The lowest BCUT2D eigenvalue weighted by Crippen LogP contribution is -2.36. The zero-order chi connectivity index (χ0) is 17.7. The minimum Gasteiger partial charge on any atom is -0.430 e. The average molecular weight is 331 g/mol. The molecule has 4 nitrogen and oxygen atoms in total. The van der Waals surface area contributed by atoms with Crippen LogP contribution >= 0.6 is 0 Å². The molecule has 0 amide bonds. The first-order valence-electron chi connectivity index (χ1n) is 8.85. The fraction of sp³-hybridized carbons (Fsp3) is 0.600. The number of aliphatic imine (C=N–C) groups is 1. The summed E-state index contributed by atoms with van der Waals surface area (Å²) >= 11 is 0. The summed E-state index contributed by atoms with van der Waals surface area (Å²) in [4.78, 5) is 16.5. The summed E-state index contributed by atoms with van der Waals surface area (Å²) in [5, 5.41) is 0. The molecular formula is C20H29NO3. The average Bonchev–Trinajstić information content (AvgIpc) is 2.48. The Labute approximate surface area is 145 Å². The number of ether oxygens (including phenoxy) is 2. The Kier molecular flexibility index (Phi) is 6.41. The van der Waals surface area contributed by atoms with Crippen LogP contribution < -0.4 is 4.74 Å². The Morgan fingerprint density at radius 1 is 1.17 bits per heavy atom. The number of hydrogen-bond acceptors (Lipinski definition) is 4. The maximum atomic E-state index is 12.1. The molecule has 1 aromatic carbocycles. The van der Waals surface area contributed by atoms with Gasteiger partial charge in [0.25, 0.3) is 0 Å². The molecule has 0 spiro atoms. The number of nitrogens with zero attached hydrogens (tertiary/aromatic N) is 1. The van der Waals surface area contributed by atoms with Gasteiger partial charge in [-0.1, -0.05) is 27.2 Å². The molecule has 0 saturated heterocycles. The lowest BCUT2D eigenvalue weighted by atomic mass is 9.75. The molecule has 2 rings (SSSR count). The van der Waals surface area contributed by atoms with E-state index in [1.807, 2.05) is 26.0 Å². The molecule has 132 valence electrons. The lowest BCUT2D eigenvalue weighted by Gasteiger charge is -2.36. The van der Waals surface area contributed by atoms with Crippen molar-refractivity contribution in [3.8, 4) is 5.75 Å². The van der Waals surface area contributed by atoms with Crippen molar-refractivity contribution in [1.82, 2.24) is 0 Å². The topological polar surface area (TPSA) is 47.9 Å². The largest absolute Gasteiger partial charge is 0.514 e. The van der Waals surface area contributed by atoms with E-state index in [9.17, 15) is 4.79 Å². The van der Waals surface area contributed by atoms with Crippen LogP contribution in [0.3, 0.4) is 0 Å². The monoisotopic (exact) mass is 331 g/mol. The molecule has 3 unspecified atom stereocenters. The van der Waals surface area contributed by atoms with Crippen molar-refractivity contribution in [2.75, 3.05) is 0 Å². The summed E-state index contributed by atoms with van der Waals surface area (Å²) < 4.78 is 11.0. The molecule has 1 aliphatic rings. The van der Waals surface area contributed by atoms with Gasteiger partial charge in [0.2, 0.25) is 0 Å². The van der Waals surface area contributed by atoms with E-state index in [1.165, 1.54) is 6.42 Å². The number of rotatable bonds is 4. The highest BCUT2D eigenvalue weighted by Crippen LogP contribution is 2.35. The van der Waals surface area contributed by atoms with Gasteiger partial charge >= 0.3 is 6.16 Å². The Morgan fingerprint density at radius 3 is 2.42 bits per heavy atom. The predicted octanol–water partition coefficient (Wildman–Crippen LogP) is 5.78. The summed E-state index contributed by atoms with van der Waals surface area (Å²) in [6.45, 7) is 10.5. The molecule has 4 heteroatoms. The minimum atomic E-state index is -0.609. The van der Waals surface area contributed by atoms with Crippen molar-refractivity contribution in [1.29, 1.82) is 0 Å². The van der Waals surface area contributed by atoms with E-state index < -0.39 is 6.16 Å². The first-order valence-corrected chi connectivity index (χ1v) is 8.85. The van der Waals surface area contributed by atoms with Gasteiger partial charge in [0, 0.05) is 5.71 Å². The highest BCUT2D eigenvalue weighted by Gasteiger charge is 2.33. The molecule has 0 radical (unpaired) electrons. The molecule has 0 aromatic heterocycles. The molecule has 1 aromatic rings. The third-order valence-electron chi connectivity index (χ3n) is 4.60. The van der Waals surface area contributed by atoms with Gasteiger partial charge in [-0.3, -0.25) is 4.99 Å². The van der Waals surface area contributed by atoms with Crippen LogP contribution in [0.25, 0.3) is 0 Å². The highest BCUT2D eigenvalue weighted by atomic mass is 16.7. The van der Waals surface area contributed by atoms with Gasteiger partial charge in [-0.25, -0.2) is 4.79 Å². The number of carbonyl (C=O) groups is 1. The molecule has 0 bridgehead atoms. The van der Waals surface area contributed by atoms with Crippen LogP contribution in [0.15, 0.2) is 29.3 Å². The number of hydrogen-bond donors (Lipinski definition) is 0. The second-order valence-corrected chi connectivity index (χ2v) is 7.39. The summed E-state index contributed by atoms with van der Waals surface area (Å²) in [5.41, 5.74) is 1.82. The SMILES string of the molecule is CC(C)=Nc1ccc(OC(=O)OC2CC(C)CCC2C(C)C)cc1. The summed E-state index contributed by atoms with van der Waals surface area (Å²) in [6.07, 6.45) is 2.58. The quantitative estimate of drug-likeness (QED) is 0.399. The molecular weight excluding hydrogens is 302 g/mol. The third kappa shape index (κ3) is 5.36. The van der Waals surface area contributed by atoms with Gasteiger partial charge < -0.3 is 9.47 Å². The second-order valence-electron chi connectivity index (χ2n) is 7.39. The van der Waals surface area contributed by atoms with Crippen molar-refractivity contribution in [3.63, 3.8) is 0 Å². The lowest BCUT2D eigenvalue weighted by molar-refractivity contribution is -0.0136. The highest BCUT2D eigenvalue weighted by molar-refractivity contribution is 5.82. The van der Waals surface area contributed by atoms with Gasteiger partial charge in [0.1, 0.15) is 11.9 Å². The van der Waals surface area contributed by atoms with Crippen LogP contribution in [0.5, 0.6) is 5.75 Å². The van der Waals surface area contributed by atoms with Crippen molar-refractivity contribution in [2.24, 2.45) is 22.7 Å². The van der Waals surface area contributed by atoms with E-state index in [0.29, 0.717) is 23.5 Å². The van der Waals surface area contributed by atoms with Gasteiger partial charge in [0.15, 0.2) is 0 Å². The maximum Gasteiger partial charge on any atom is 0.514 e. The summed E-state index contributed by atoms with van der Waals surface area (Å²) in [7, 11) is 0. The standard InChI is InChI=1S/C20H29NO3/c1-13(2)18-11-6-15(5)12-19(18)24-20(22)23-17-9-7-16(8-10-17)21-14(3)4/h7-10,13,15,18-19H,6,11-12H2,1-5H3. The van der Waals surface area contributed by atoms with Crippen molar-refractivity contribution in [2.45, 2.75) is 60.0 Å². The summed E-state index contributed by atoms with van der Waals surface area (Å²) in [6, 6.07) is 7.14. The van der Waals surface area contributed by atoms with E-state index >= 15 is 0 Å². The zero-order valence-electron chi connectivity index (χ0n) is 15.4. The van der Waals surface area contributed by atoms with E-state index in [1.54, 1.807) is 12.1 Å². The molecule has 0 aliphatic heterocycles. The summed E-state index contributed by atoms with van der Waals surface area (Å²) in [5.74, 6) is 1.99. The van der Waals surface area contributed by atoms with E-state index in [2.05, 4.69) is 25.8 Å². The van der Waals surface area contributed by atoms with Crippen LogP contribution in [0.2, 0.25) is 0 Å². The smallest absolute Gasteiger partial charge is 0.430 e. The van der Waals surface area contributed by atoms with E-state index in [4.69, 9.17) is 9.47 Å². The first kappa shape index (κ1) is 18.5. The molecule has 24 heavy (non-hydrogen) atoms. The van der Waals surface area contributed by atoms with Gasteiger partial charge in [-0.05, 0) is 68.7 Å². The zero-order valence-corrected chi connectivity index (χ0v) is 15.4. The van der Waals surface area contributed by atoms with Gasteiger partial charge in [-0.2, -0.15) is 0 Å². The second kappa shape index (κ2) is 8.32. The van der Waals surface area contributed by atoms with Crippen LogP contribution in [-0.2, 0) is 4.74 Å². The Morgan fingerprint density at radius 2 is 1.83 bits per heavy atom. The Balaban J connectivity index is 1.95. The van der Waals surface area contributed by atoms with Crippen LogP contribution in [0, 0.1) is 17.8 Å². The minimum absolute atomic E-state index is 0.0483. The van der Waals surface area contributed by atoms with E-state index in [0.717, 1.165) is 24.2 Å². The normalized spacial score (nSPS) is 23.7. The van der Waals surface area contributed by atoms with E-state index in [-0.39, 0.29) is 6.10 Å². The van der Waals surface area contributed by atoms with Crippen LogP contribution in [-0.4, -0.2) is 18.0 Å². The Bertz CT molecular complexity index is 573. The predicted molar refractivity (Wildman–Crippen MR) is 97.1 cm³/mol. The molecule has 1 saturated carbocycles. The molecule has 0 heterocycles. The molecule has 1 fully saturated rings. The first-order chi connectivity index (χ1) is 11.3. The Hall–Kier alpha value is -1.84. The fourth-order valence-electron chi connectivity index (χ4n) is 3.34. The van der Waals surface area contributed by atoms with Crippen molar-refractivity contribution >= 4 is 17.6 Å². The number of benzene rings is 1.